The van der Waals surface area contributed by atoms with Crippen molar-refractivity contribution in [1.82, 2.24) is 4.90 Å². The molecule has 1 heterocycles. The maximum Gasteiger partial charge on any atom is 0.0869 e. The van der Waals surface area contributed by atoms with Crippen LogP contribution in [0.5, 0.6) is 0 Å². The molecule has 1 aliphatic heterocycles. The summed E-state index contributed by atoms with van der Waals surface area (Å²) in [6.07, 6.45) is 5.98. The maximum absolute atomic E-state index is 10.5. The minimum Gasteiger partial charge on any atom is -0.385 e. The minimum absolute atomic E-state index is 0.683. The van der Waals surface area contributed by atoms with Crippen LogP contribution in [0, 0.1) is 0 Å². The van der Waals surface area contributed by atoms with Crippen LogP contribution in [0.1, 0.15) is 44.6 Å². The Morgan fingerprint density at radius 1 is 1.11 bits per heavy atom. The largest absolute Gasteiger partial charge is 0.385 e. The molecule has 0 aliphatic carbocycles. The van der Waals surface area contributed by atoms with E-state index >= 15 is 0 Å². The molecule has 0 bridgehead atoms. The van der Waals surface area contributed by atoms with Crippen molar-refractivity contribution < 1.29 is 5.11 Å². The van der Waals surface area contributed by atoms with Crippen molar-refractivity contribution in [3.8, 4) is 0 Å². The lowest BCUT2D eigenvalue weighted by molar-refractivity contribution is 0.0416. The van der Waals surface area contributed by atoms with Crippen LogP contribution in [0.25, 0.3) is 0 Å². The molecule has 1 saturated heterocycles. The van der Waals surface area contributed by atoms with Gasteiger partial charge in [-0.1, -0.05) is 36.8 Å². The van der Waals surface area contributed by atoms with Crippen LogP contribution in [0.4, 0.5) is 0 Å². The fraction of sp³-hybridized carbons (Fsp3) is 0.625. The number of aliphatic hydroxyl groups is 1. The van der Waals surface area contributed by atoms with Gasteiger partial charge in [0, 0.05) is 0 Å². The van der Waals surface area contributed by atoms with Crippen LogP contribution in [0.15, 0.2) is 30.3 Å². The maximum atomic E-state index is 10.5. The molecule has 1 aromatic rings. The zero-order valence-corrected chi connectivity index (χ0v) is 11.4. The van der Waals surface area contributed by atoms with E-state index < -0.39 is 5.60 Å². The first-order chi connectivity index (χ1) is 8.68. The van der Waals surface area contributed by atoms with Crippen molar-refractivity contribution in [2.24, 2.45) is 0 Å². The molecule has 0 aromatic heterocycles. The van der Waals surface area contributed by atoms with E-state index in [0.29, 0.717) is 0 Å². The summed E-state index contributed by atoms with van der Waals surface area (Å²) in [6.45, 7) is 5.54. The summed E-state index contributed by atoms with van der Waals surface area (Å²) in [6, 6.07) is 10.0. The first-order valence-electron chi connectivity index (χ1n) is 7.19. The Balaban J connectivity index is 1.78. The molecule has 2 nitrogen and oxygen atoms in total. The number of benzene rings is 1. The predicted octanol–water partition coefficient (Wildman–Crippen LogP) is 3.16. The Morgan fingerprint density at radius 3 is 2.44 bits per heavy atom. The molecule has 1 unspecified atom stereocenters. The van der Waals surface area contributed by atoms with E-state index in [9.17, 15) is 5.11 Å². The molecule has 2 heteroatoms. The van der Waals surface area contributed by atoms with Gasteiger partial charge in [0.25, 0.3) is 0 Å². The van der Waals surface area contributed by atoms with Gasteiger partial charge in [-0.2, -0.15) is 0 Å². The van der Waals surface area contributed by atoms with Gasteiger partial charge in [0.15, 0.2) is 0 Å². The van der Waals surface area contributed by atoms with Gasteiger partial charge in [-0.15, -0.1) is 0 Å². The van der Waals surface area contributed by atoms with E-state index in [2.05, 4.69) is 4.90 Å². The average molecular weight is 247 g/mol. The molecular weight excluding hydrogens is 222 g/mol. The summed E-state index contributed by atoms with van der Waals surface area (Å²) < 4.78 is 0. The van der Waals surface area contributed by atoms with Gasteiger partial charge in [0.2, 0.25) is 0 Å². The predicted molar refractivity (Wildman–Crippen MR) is 75.5 cm³/mol. The van der Waals surface area contributed by atoms with Gasteiger partial charge in [0.1, 0.15) is 0 Å². The van der Waals surface area contributed by atoms with Gasteiger partial charge in [-0.05, 0) is 57.8 Å². The Labute approximate surface area is 111 Å². The molecule has 18 heavy (non-hydrogen) atoms. The second-order valence-corrected chi connectivity index (χ2v) is 5.65. The van der Waals surface area contributed by atoms with Gasteiger partial charge < -0.3 is 10.0 Å². The topological polar surface area (TPSA) is 23.5 Å². The third-order valence-corrected chi connectivity index (χ3v) is 3.98. The molecule has 0 saturated carbocycles. The number of piperidine rings is 1. The minimum atomic E-state index is -0.683. The number of likely N-dealkylation sites (tertiary alicyclic amines) is 1. The molecule has 1 fully saturated rings. The second-order valence-electron chi connectivity index (χ2n) is 5.65. The Hall–Kier alpha value is -0.860. The van der Waals surface area contributed by atoms with E-state index in [0.717, 1.165) is 24.9 Å². The van der Waals surface area contributed by atoms with E-state index in [1.165, 1.54) is 32.4 Å². The lowest BCUT2D eigenvalue weighted by atomic mass is 9.91. The summed E-state index contributed by atoms with van der Waals surface area (Å²) in [7, 11) is 0. The van der Waals surface area contributed by atoms with E-state index in [1.54, 1.807) is 0 Å². The average Bonchev–Trinajstić information content (AvgIpc) is 2.41. The third-order valence-electron chi connectivity index (χ3n) is 3.98. The Morgan fingerprint density at radius 2 is 1.78 bits per heavy atom. The van der Waals surface area contributed by atoms with Gasteiger partial charge >= 0.3 is 0 Å². The highest BCUT2D eigenvalue weighted by Gasteiger charge is 2.22. The fourth-order valence-electron chi connectivity index (χ4n) is 2.77. The summed E-state index contributed by atoms with van der Waals surface area (Å²) >= 11 is 0. The van der Waals surface area contributed by atoms with Crippen molar-refractivity contribution in [2.45, 2.75) is 44.6 Å². The molecule has 0 amide bonds. The molecule has 2 rings (SSSR count). The molecule has 0 radical (unpaired) electrons. The van der Waals surface area contributed by atoms with E-state index in [4.69, 9.17) is 0 Å². The number of hydrogen-bond donors (Lipinski definition) is 1. The molecule has 0 spiro atoms. The van der Waals surface area contributed by atoms with Crippen molar-refractivity contribution in [1.29, 1.82) is 0 Å². The Bertz CT molecular complexity index is 341. The van der Waals surface area contributed by atoms with Crippen molar-refractivity contribution in [3.63, 3.8) is 0 Å². The van der Waals surface area contributed by atoms with Gasteiger partial charge in [-0.25, -0.2) is 0 Å². The van der Waals surface area contributed by atoms with Gasteiger partial charge in [-0.3, -0.25) is 0 Å². The zero-order chi connectivity index (χ0) is 12.8. The van der Waals surface area contributed by atoms with Crippen LogP contribution in [-0.2, 0) is 5.60 Å². The van der Waals surface area contributed by atoms with Crippen LogP contribution in [0.3, 0.4) is 0 Å². The van der Waals surface area contributed by atoms with Crippen LogP contribution < -0.4 is 0 Å². The number of nitrogens with zero attached hydrogens (tertiary/aromatic N) is 1. The highest BCUT2D eigenvalue weighted by molar-refractivity contribution is 5.21. The second kappa shape index (κ2) is 6.35. The Kier molecular flexibility index (Phi) is 4.79. The van der Waals surface area contributed by atoms with Crippen molar-refractivity contribution in [2.75, 3.05) is 19.6 Å². The highest BCUT2D eigenvalue weighted by Crippen LogP contribution is 2.25. The molecule has 100 valence electrons. The summed E-state index contributed by atoms with van der Waals surface area (Å²) in [5, 5.41) is 10.5. The summed E-state index contributed by atoms with van der Waals surface area (Å²) in [5.74, 6) is 0. The van der Waals surface area contributed by atoms with Crippen molar-refractivity contribution in [3.05, 3.63) is 35.9 Å². The first-order valence-corrected chi connectivity index (χ1v) is 7.19. The molecule has 1 aliphatic rings. The highest BCUT2D eigenvalue weighted by atomic mass is 16.3. The van der Waals surface area contributed by atoms with E-state index in [1.807, 2.05) is 37.3 Å². The first kappa shape index (κ1) is 13.6. The van der Waals surface area contributed by atoms with Gasteiger partial charge in [0.05, 0.1) is 5.60 Å². The molecule has 1 aromatic carbocycles. The SMILES string of the molecule is CC(O)(CCCN1CCCCC1)c1ccccc1. The van der Waals surface area contributed by atoms with Crippen molar-refractivity contribution >= 4 is 0 Å². The standard InChI is InChI=1S/C16H25NO/c1-16(18,15-9-4-2-5-10-15)11-8-14-17-12-6-3-7-13-17/h2,4-5,9-10,18H,3,6-8,11-14H2,1H3. The third kappa shape index (κ3) is 3.82. The number of hydrogen-bond acceptors (Lipinski definition) is 2. The lowest BCUT2D eigenvalue weighted by Gasteiger charge is -2.29. The molecule has 1 N–H and O–H groups in total. The zero-order valence-electron chi connectivity index (χ0n) is 11.4. The summed E-state index contributed by atoms with van der Waals surface area (Å²) in [4.78, 5) is 2.53. The van der Waals surface area contributed by atoms with Crippen LogP contribution >= 0.6 is 0 Å². The molecular formula is C16H25NO. The fourth-order valence-corrected chi connectivity index (χ4v) is 2.77. The molecule has 1 atom stereocenters. The van der Waals surface area contributed by atoms with Crippen LogP contribution in [-0.4, -0.2) is 29.6 Å². The lowest BCUT2D eigenvalue weighted by Crippen LogP contribution is -2.32. The number of rotatable bonds is 5. The quantitative estimate of drug-likeness (QED) is 0.864. The monoisotopic (exact) mass is 247 g/mol. The summed E-state index contributed by atoms with van der Waals surface area (Å²) in [5.41, 5.74) is 0.348. The van der Waals surface area contributed by atoms with E-state index in [-0.39, 0.29) is 0 Å². The normalized spacial score (nSPS) is 20.6. The van der Waals surface area contributed by atoms with Crippen LogP contribution in [0.2, 0.25) is 0 Å². The smallest absolute Gasteiger partial charge is 0.0869 e.